The molecule has 0 radical (unpaired) electrons. The number of fused-ring (bicyclic) bond motifs is 1. The van der Waals surface area contributed by atoms with E-state index in [-0.39, 0.29) is 12.1 Å². The van der Waals surface area contributed by atoms with E-state index in [0.29, 0.717) is 6.42 Å². The average Bonchev–Trinajstić information content (AvgIpc) is 2.30. The molecule has 3 N–H and O–H groups in total. The Morgan fingerprint density at radius 1 is 1.36 bits per heavy atom. The van der Waals surface area contributed by atoms with Gasteiger partial charge in [0.15, 0.2) is 0 Å². The highest BCUT2D eigenvalue weighted by molar-refractivity contribution is 5.35. The van der Waals surface area contributed by atoms with Crippen LogP contribution < -0.4 is 5.73 Å². The third-order valence-electron chi connectivity index (χ3n) is 2.26. The molecular formula is C9H11NO. The molecule has 0 amide bonds. The number of nitrogens with two attached hydrogens (primary N) is 1. The van der Waals surface area contributed by atoms with Gasteiger partial charge in [-0.05, 0) is 11.1 Å². The van der Waals surface area contributed by atoms with Gasteiger partial charge in [0.1, 0.15) is 0 Å². The van der Waals surface area contributed by atoms with Crippen LogP contribution in [0.2, 0.25) is 0 Å². The fraction of sp³-hybridized carbons (Fsp3) is 0.333. The molecule has 0 saturated heterocycles. The molecule has 0 fully saturated rings. The molecular weight excluding hydrogens is 138 g/mol. The first-order chi connectivity index (χ1) is 5.29. The van der Waals surface area contributed by atoms with E-state index in [1.807, 2.05) is 24.3 Å². The molecule has 2 rings (SSSR count). The number of aliphatic hydroxyl groups excluding tert-OH is 1. The summed E-state index contributed by atoms with van der Waals surface area (Å²) in [6.07, 6.45) is 0.324. The lowest BCUT2D eigenvalue weighted by Crippen LogP contribution is -2.21. The molecule has 2 nitrogen and oxygen atoms in total. The molecule has 2 atom stereocenters. The minimum Gasteiger partial charge on any atom is -0.391 e. The number of hydrogen-bond donors (Lipinski definition) is 2. The predicted molar refractivity (Wildman–Crippen MR) is 43.1 cm³/mol. The van der Waals surface area contributed by atoms with Crippen molar-refractivity contribution in [2.75, 3.05) is 0 Å². The number of hydrogen-bond acceptors (Lipinski definition) is 2. The van der Waals surface area contributed by atoms with Crippen LogP contribution in [0.5, 0.6) is 0 Å². The van der Waals surface area contributed by atoms with Gasteiger partial charge in [0.2, 0.25) is 0 Å². The van der Waals surface area contributed by atoms with Crippen molar-refractivity contribution < 1.29 is 5.11 Å². The Morgan fingerprint density at radius 2 is 2.09 bits per heavy atom. The van der Waals surface area contributed by atoms with Crippen LogP contribution in [0.4, 0.5) is 0 Å². The van der Waals surface area contributed by atoms with E-state index in [9.17, 15) is 5.11 Å². The first-order valence-electron chi connectivity index (χ1n) is 3.80. The monoisotopic (exact) mass is 149 g/mol. The third kappa shape index (κ3) is 0.951. The zero-order valence-corrected chi connectivity index (χ0v) is 6.20. The Morgan fingerprint density at radius 3 is 2.82 bits per heavy atom. The topological polar surface area (TPSA) is 46.2 Å². The van der Waals surface area contributed by atoms with E-state index in [0.717, 1.165) is 5.56 Å². The first-order valence-corrected chi connectivity index (χ1v) is 3.80. The van der Waals surface area contributed by atoms with Crippen molar-refractivity contribution >= 4 is 0 Å². The summed E-state index contributed by atoms with van der Waals surface area (Å²) in [6, 6.07) is 7.76. The summed E-state index contributed by atoms with van der Waals surface area (Å²) < 4.78 is 0. The van der Waals surface area contributed by atoms with Crippen molar-refractivity contribution in [3.8, 4) is 0 Å². The third-order valence-corrected chi connectivity index (χ3v) is 2.26. The molecule has 0 saturated carbocycles. The SMILES string of the molecule is N[C@H]1c2ccccc2CC1O. The van der Waals surface area contributed by atoms with Crippen molar-refractivity contribution in [1.82, 2.24) is 0 Å². The molecule has 58 valence electrons. The highest BCUT2D eigenvalue weighted by Gasteiger charge is 2.26. The molecule has 0 aliphatic heterocycles. The molecule has 1 aromatic carbocycles. The summed E-state index contributed by atoms with van der Waals surface area (Å²) >= 11 is 0. The van der Waals surface area contributed by atoms with Gasteiger partial charge in [-0.2, -0.15) is 0 Å². The van der Waals surface area contributed by atoms with Crippen LogP contribution in [0.25, 0.3) is 0 Å². The van der Waals surface area contributed by atoms with Gasteiger partial charge in [-0.3, -0.25) is 0 Å². The fourth-order valence-corrected chi connectivity index (χ4v) is 1.60. The van der Waals surface area contributed by atoms with Crippen molar-refractivity contribution in [1.29, 1.82) is 0 Å². The zero-order chi connectivity index (χ0) is 7.84. The van der Waals surface area contributed by atoms with Crippen molar-refractivity contribution in [3.63, 3.8) is 0 Å². The lowest BCUT2D eigenvalue weighted by atomic mass is 10.1. The van der Waals surface area contributed by atoms with Crippen LogP contribution in [-0.2, 0) is 6.42 Å². The van der Waals surface area contributed by atoms with Gasteiger partial charge in [-0.25, -0.2) is 0 Å². The molecule has 0 bridgehead atoms. The summed E-state index contributed by atoms with van der Waals surface area (Å²) in [5, 5.41) is 9.39. The van der Waals surface area contributed by atoms with Crippen LogP contribution in [-0.4, -0.2) is 11.2 Å². The van der Waals surface area contributed by atoms with Crippen LogP contribution >= 0.6 is 0 Å². The molecule has 2 heteroatoms. The quantitative estimate of drug-likeness (QED) is 0.567. The zero-order valence-electron chi connectivity index (χ0n) is 6.20. The smallest absolute Gasteiger partial charge is 0.0773 e. The Kier molecular flexibility index (Phi) is 1.44. The van der Waals surface area contributed by atoms with E-state index in [1.54, 1.807) is 0 Å². The molecule has 0 aromatic heterocycles. The van der Waals surface area contributed by atoms with Crippen LogP contribution in [0.3, 0.4) is 0 Å². The largest absolute Gasteiger partial charge is 0.391 e. The maximum absolute atomic E-state index is 9.39. The fourth-order valence-electron chi connectivity index (χ4n) is 1.60. The van der Waals surface area contributed by atoms with Gasteiger partial charge in [0.25, 0.3) is 0 Å². The van der Waals surface area contributed by atoms with E-state index in [1.165, 1.54) is 5.56 Å². The van der Waals surface area contributed by atoms with Gasteiger partial charge in [0.05, 0.1) is 12.1 Å². The predicted octanol–water partition coefficient (Wildman–Crippen LogP) is 0.603. The molecule has 1 aliphatic rings. The van der Waals surface area contributed by atoms with E-state index < -0.39 is 0 Å². The second-order valence-corrected chi connectivity index (χ2v) is 3.00. The van der Waals surface area contributed by atoms with Crippen LogP contribution in [0.1, 0.15) is 17.2 Å². The minimum atomic E-state index is -0.382. The summed E-state index contributed by atoms with van der Waals surface area (Å²) in [7, 11) is 0. The second kappa shape index (κ2) is 2.32. The Hall–Kier alpha value is -0.860. The first kappa shape index (κ1) is 6.83. The standard InChI is InChI=1S/C9H11NO/c10-9-7-4-2-1-3-6(7)5-8(9)11/h1-4,8-9,11H,5,10H2/t8?,9-/m0/s1. The Balaban J connectivity index is 2.47. The Labute approximate surface area is 65.7 Å². The summed E-state index contributed by atoms with van der Waals surface area (Å²) in [5.74, 6) is 0. The molecule has 1 aliphatic carbocycles. The van der Waals surface area contributed by atoms with Crippen molar-refractivity contribution in [2.24, 2.45) is 5.73 Å². The molecule has 1 aromatic rings. The highest BCUT2D eigenvalue weighted by Crippen LogP contribution is 2.28. The van der Waals surface area contributed by atoms with Gasteiger partial charge >= 0.3 is 0 Å². The lowest BCUT2D eigenvalue weighted by Gasteiger charge is -2.07. The highest BCUT2D eigenvalue weighted by atomic mass is 16.3. The van der Waals surface area contributed by atoms with E-state index >= 15 is 0 Å². The van der Waals surface area contributed by atoms with E-state index in [4.69, 9.17) is 5.73 Å². The van der Waals surface area contributed by atoms with Crippen molar-refractivity contribution in [2.45, 2.75) is 18.6 Å². The average molecular weight is 149 g/mol. The lowest BCUT2D eigenvalue weighted by molar-refractivity contribution is 0.158. The molecule has 0 spiro atoms. The van der Waals surface area contributed by atoms with Gasteiger partial charge in [0, 0.05) is 6.42 Å². The minimum absolute atomic E-state index is 0.175. The molecule has 1 unspecified atom stereocenters. The van der Waals surface area contributed by atoms with Crippen molar-refractivity contribution in [3.05, 3.63) is 35.4 Å². The van der Waals surface area contributed by atoms with Gasteiger partial charge in [-0.15, -0.1) is 0 Å². The number of rotatable bonds is 0. The van der Waals surface area contributed by atoms with E-state index in [2.05, 4.69) is 0 Å². The maximum atomic E-state index is 9.39. The summed E-state index contributed by atoms with van der Waals surface area (Å²) in [4.78, 5) is 0. The maximum Gasteiger partial charge on any atom is 0.0773 e. The normalized spacial score (nSPS) is 28.5. The molecule has 11 heavy (non-hydrogen) atoms. The Bertz CT molecular complexity index is 272. The van der Waals surface area contributed by atoms with Gasteiger partial charge in [-0.1, -0.05) is 24.3 Å². The molecule has 0 heterocycles. The number of aliphatic hydroxyl groups is 1. The summed E-state index contributed by atoms with van der Waals surface area (Å²) in [5.41, 5.74) is 8.02. The van der Waals surface area contributed by atoms with Gasteiger partial charge < -0.3 is 10.8 Å². The summed E-state index contributed by atoms with van der Waals surface area (Å²) in [6.45, 7) is 0. The second-order valence-electron chi connectivity index (χ2n) is 3.00. The number of benzene rings is 1. The van der Waals surface area contributed by atoms with Crippen LogP contribution in [0, 0.1) is 0 Å². The van der Waals surface area contributed by atoms with Crippen LogP contribution in [0.15, 0.2) is 24.3 Å².